The predicted molar refractivity (Wildman–Crippen MR) is 109 cm³/mol. The van der Waals surface area contributed by atoms with Crippen LogP contribution in [-0.2, 0) is 6.42 Å². The highest BCUT2D eigenvalue weighted by atomic mass is 35.5. The summed E-state index contributed by atoms with van der Waals surface area (Å²) in [4.78, 5) is 19.9. The van der Waals surface area contributed by atoms with Gasteiger partial charge in [0.25, 0.3) is 5.91 Å². The van der Waals surface area contributed by atoms with Crippen LogP contribution >= 0.6 is 11.6 Å². The van der Waals surface area contributed by atoms with Crippen LogP contribution in [0.25, 0.3) is 10.9 Å². The van der Waals surface area contributed by atoms with Crippen LogP contribution < -0.4 is 9.64 Å². The van der Waals surface area contributed by atoms with Crippen LogP contribution in [0.15, 0.2) is 36.4 Å². The third kappa shape index (κ3) is 3.04. The van der Waals surface area contributed by atoms with Crippen LogP contribution in [0.1, 0.15) is 33.6 Å². The van der Waals surface area contributed by atoms with Gasteiger partial charge >= 0.3 is 0 Å². The number of benzene rings is 2. The Morgan fingerprint density at radius 2 is 2.00 bits per heavy atom. The van der Waals surface area contributed by atoms with Crippen LogP contribution in [0.3, 0.4) is 0 Å². The topological polar surface area (TPSA) is 42.4 Å². The summed E-state index contributed by atoms with van der Waals surface area (Å²) in [5.41, 5.74) is 5.40. The molecule has 0 saturated carbocycles. The highest BCUT2D eigenvalue weighted by Crippen LogP contribution is 2.39. The zero-order chi connectivity index (χ0) is 19.1. The number of aromatic nitrogens is 1. The lowest BCUT2D eigenvalue weighted by molar-refractivity contribution is 0.0983. The molecular weight excluding hydrogens is 360 g/mol. The number of amides is 1. The monoisotopic (exact) mass is 380 g/mol. The molecule has 27 heavy (non-hydrogen) atoms. The normalized spacial score (nSPS) is 13.6. The van der Waals surface area contributed by atoms with E-state index < -0.39 is 0 Å². The summed E-state index contributed by atoms with van der Waals surface area (Å²) in [6.07, 6.45) is 1.88. The van der Waals surface area contributed by atoms with Gasteiger partial charge in [0.1, 0.15) is 5.75 Å². The fraction of sp³-hybridized carbons (Fsp3) is 0.273. The lowest BCUT2D eigenvalue weighted by Crippen LogP contribution is -2.36. The van der Waals surface area contributed by atoms with E-state index >= 15 is 0 Å². The molecule has 0 unspecified atom stereocenters. The van der Waals surface area contributed by atoms with Crippen LogP contribution in [0.4, 0.5) is 5.69 Å². The Hall–Kier alpha value is -2.59. The molecule has 0 N–H and O–H groups in total. The van der Waals surface area contributed by atoms with Crippen molar-refractivity contribution in [1.29, 1.82) is 0 Å². The van der Waals surface area contributed by atoms with E-state index in [0.717, 1.165) is 35.2 Å². The van der Waals surface area contributed by atoms with Crippen molar-refractivity contribution in [3.63, 3.8) is 0 Å². The van der Waals surface area contributed by atoms with Crippen molar-refractivity contribution in [1.82, 2.24) is 4.98 Å². The second-order valence-corrected chi connectivity index (χ2v) is 7.37. The number of carbonyl (C=O) groups excluding carboxylic acids is 1. The first-order chi connectivity index (χ1) is 13.0. The van der Waals surface area contributed by atoms with Gasteiger partial charge in [-0.15, -0.1) is 0 Å². The number of halogens is 1. The van der Waals surface area contributed by atoms with Crippen molar-refractivity contribution in [3.05, 3.63) is 63.8 Å². The summed E-state index contributed by atoms with van der Waals surface area (Å²) in [6, 6.07) is 11.4. The first-order valence-corrected chi connectivity index (χ1v) is 9.42. The van der Waals surface area contributed by atoms with Gasteiger partial charge in [-0.2, -0.15) is 0 Å². The molecule has 0 saturated heterocycles. The zero-order valence-electron chi connectivity index (χ0n) is 15.7. The Kier molecular flexibility index (Phi) is 4.52. The summed E-state index contributed by atoms with van der Waals surface area (Å²) in [5.74, 6) is 0.685. The lowest BCUT2D eigenvalue weighted by atomic mass is 9.95. The summed E-state index contributed by atoms with van der Waals surface area (Å²) >= 11 is 6.12. The molecule has 4 nitrogen and oxygen atoms in total. The minimum Gasteiger partial charge on any atom is -0.495 e. The van der Waals surface area contributed by atoms with Crippen LogP contribution in [0, 0.1) is 13.8 Å². The summed E-state index contributed by atoms with van der Waals surface area (Å²) < 4.78 is 5.57. The van der Waals surface area contributed by atoms with Crippen molar-refractivity contribution in [2.45, 2.75) is 26.7 Å². The van der Waals surface area contributed by atoms with E-state index in [9.17, 15) is 4.79 Å². The third-order valence-corrected chi connectivity index (χ3v) is 5.46. The molecule has 0 aliphatic carbocycles. The number of pyridine rings is 1. The fourth-order valence-corrected chi connectivity index (χ4v) is 4.01. The zero-order valence-corrected chi connectivity index (χ0v) is 16.4. The maximum Gasteiger partial charge on any atom is 0.260 e. The molecule has 5 heteroatoms. The number of anilines is 1. The van der Waals surface area contributed by atoms with Gasteiger partial charge in [-0.05, 0) is 68.1 Å². The minimum atomic E-state index is -0.0493. The van der Waals surface area contributed by atoms with Gasteiger partial charge in [0.15, 0.2) is 0 Å². The molecule has 0 radical (unpaired) electrons. The van der Waals surface area contributed by atoms with Crippen LogP contribution in [0.5, 0.6) is 5.75 Å². The Balaban J connectivity index is 1.85. The smallest absolute Gasteiger partial charge is 0.260 e. The Morgan fingerprint density at radius 1 is 1.19 bits per heavy atom. The maximum atomic E-state index is 13.5. The molecular formula is C22H21ClN2O2. The quantitative estimate of drug-likeness (QED) is 0.620. The van der Waals surface area contributed by atoms with Crippen molar-refractivity contribution in [3.8, 4) is 5.75 Å². The van der Waals surface area contributed by atoms with Gasteiger partial charge in [-0.1, -0.05) is 17.7 Å². The van der Waals surface area contributed by atoms with Gasteiger partial charge in [0, 0.05) is 17.0 Å². The van der Waals surface area contributed by atoms with E-state index in [2.05, 4.69) is 18.0 Å². The van der Waals surface area contributed by atoms with Crippen molar-refractivity contribution >= 4 is 34.1 Å². The van der Waals surface area contributed by atoms with Gasteiger partial charge in [-0.3, -0.25) is 9.78 Å². The van der Waals surface area contributed by atoms with E-state index in [1.54, 1.807) is 7.11 Å². The number of fused-ring (bicyclic) bond motifs is 2. The largest absolute Gasteiger partial charge is 0.495 e. The second kappa shape index (κ2) is 6.86. The summed E-state index contributed by atoms with van der Waals surface area (Å²) in [6.45, 7) is 4.62. The number of aryl methyl sites for hydroxylation is 2. The fourth-order valence-electron chi connectivity index (χ4n) is 3.83. The van der Waals surface area contributed by atoms with Gasteiger partial charge in [0.2, 0.25) is 0 Å². The minimum absolute atomic E-state index is 0.0493. The highest BCUT2D eigenvalue weighted by Gasteiger charge is 2.29. The molecule has 138 valence electrons. The SMILES string of the molecule is COc1ccc(C)c2c1N(C(=O)c1cc3cc(Cl)ccc3nc1C)CCC2. The van der Waals surface area contributed by atoms with Crippen LogP contribution in [-0.4, -0.2) is 24.5 Å². The molecule has 1 amide bonds. The Labute approximate surface area is 163 Å². The van der Waals surface area contributed by atoms with E-state index in [-0.39, 0.29) is 5.91 Å². The van der Waals surface area contributed by atoms with Gasteiger partial charge in [-0.25, -0.2) is 0 Å². The number of methoxy groups -OCH3 is 1. The summed E-state index contributed by atoms with van der Waals surface area (Å²) in [5, 5.41) is 1.50. The Morgan fingerprint density at radius 3 is 2.78 bits per heavy atom. The number of hydrogen-bond acceptors (Lipinski definition) is 3. The first-order valence-electron chi connectivity index (χ1n) is 9.05. The van der Waals surface area contributed by atoms with Crippen LogP contribution in [0.2, 0.25) is 5.02 Å². The molecule has 1 aliphatic rings. The van der Waals surface area contributed by atoms with Gasteiger partial charge < -0.3 is 9.64 Å². The third-order valence-electron chi connectivity index (χ3n) is 5.22. The van der Waals surface area contributed by atoms with Gasteiger partial charge in [0.05, 0.1) is 29.6 Å². The average molecular weight is 381 g/mol. The molecule has 1 aliphatic heterocycles. The van der Waals surface area contributed by atoms with Crippen molar-refractivity contribution in [2.75, 3.05) is 18.6 Å². The van der Waals surface area contributed by atoms with Crippen molar-refractivity contribution < 1.29 is 9.53 Å². The second-order valence-electron chi connectivity index (χ2n) is 6.93. The number of rotatable bonds is 2. The summed E-state index contributed by atoms with van der Waals surface area (Å²) in [7, 11) is 1.65. The number of carbonyl (C=O) groups is 1. The molecule has 0 atom stereocenters. The number of nitrogens with zero attached hydrogens (tertiary/aromatic N) is 2. The van der Waals surface area contributed by atoms with Crippen molar-refractivity contribution in [2.24, 2.45) is 0 Å². The molecule has 0 spiro atoms. The number of hydrogen-bond donors (Lipinski definition) is 0. The predicted octanol–water partition coefficient (Wildman–Crippen LogP) is 5.11. The van der Waals surface area contributed by atoms with E-state index in [1.165, 1.54) is 11.1 Å². The lowest BCUT2D eigenvalue weighted by Gasteiger charge is -2.32. The molecule has 1 aromatic heterocycles. The molecule has 0 bridgehead atoms. The molecule has 2 heterocycles. The molecule has 3 aromatic rings. The Bertz CT molecular complexity index is 1060. The highest BCUT2D eigenvalue weighted by molar-refractivity contribution is 6.31. The number of ether oxygens (including phenoxy) is 1. The molecule has 4 rings (SSSR count). The molecule has 0 fully saturated rings. The standard InChI is InChI=1S/C22H21ClN2O2/c1-13-6-9-20(27-3)21-17(13)5-4-10-25(21)22(26)18-12-15-11-16(23)7-8-19(15)24-14(18)2/h6-9,11-12H,4-5,10H2,1-3H3. The maximum absolute atomic E-state index is 13.5. The first kappa shape index (κ1) is 17.8. The van der Waals surface area contributed by atoms with E-state index in [1.807, 2.05) is 42.2 Å². The van der Waals surface area contributed by atoms with E-state index in [4.69, 9.17) is 16.3 Å². The van der Waals surface area contributed by atoms with E-state index in [0.29, 0.717) is 22.8 Å². The average Bonchev–Trinajstić information content (AvgIpc) is 2.67. The molecule has 2 aromatic carbocycles.